The number of hydrogen-bond donors (Lipinski definition) is 1. The van der Waals surface area contributed by atoms with Gasteiger partial charge in [0.05, 0.1) is 18.7 Å². The predicted octanol–water partition coefficient (Wildman–Crippen LogP) is 4.52. The van der Waals surface area contributed by atoms with Gasteiger partial charge < -0.3 is 10.1 Å². The Morgan fingerprint density at radius 2 is 2.00 bits per heavy atom. The van der Waals surface area contributed by atoms with Crippen LogP contribution in [0.15, 0.2) is 29.6 Å². The average molecular weight is 329 g/mol. The van der Waals surface area contributed by atoms with E-state index in [1.165, 1.54) is 23.3 Å². The molecule has 1 atom stereocenters. The van der Waals surface area contributed by atoms with Crippen molar-refractivity contribution in [3.8, 4) is 5.75 Å². The van der Waals surface area contributed by atoms with Gasteiger partial charge in [0.2, 0.25) is 0 Å². The fourth-order valence-electron chi connectivity index (χ4n) is 3.18. The number of aryl methyl sites for hydroxylation is 1. The highest BCUT2D eigenvalue weighted by Crippen LogP contribution is 2.30. The minimum atomic E-state index is 0.0348. The van der Waals surface area contributed by atoms with E-state index in [0.717, 1.165) is 36.1 Å². The molecule has 1 aliphatic rings. The van der Waals surface area contributed by atoms with Crippen molar-refractivity contribution in [2.24, 2.45) is 0 Å². The van der Waals surface area contributed by atoms with Crippen molar-refractivity contribution in [2.45, 2.75) is 45.1 Å². The molecule has 0 fully saturated rings. The van der Waals surface area contributed by atoms with E-state index in [9.17, 15) is 4.79 Å². The van der Waals surface area contributed by atoms with Gasteiger partial charge in [-0.25, -0.2) is 0 Å². The first kappa shape index (κ1) is 16.1. The zero-order valence-electron chi connectivity index (χ0n) is 13.7. The zero-order valence-corrected chi connectivity index (χ0v) is 14.5. The molecule has 0 spiro atoms. The molecule has 1 aromatic heterocycles. The van der Waals surface area contributed by atoms with Crippen LogP contribution < -0.4 is 10.1 Å². The van der Waals surface area contributed by atoms with Gasteiger partial charge in [-0.1, -0.05) is 19.1 Å². The Morgan fingerprint density at radius 1 is 1.26 bits per heavy atom. The van der Waals surface area contributed by atoms with Gasteiger partial charge in [-0.15, -0.1) is 11.3 Å². The molecule has 3 nitrogen and oxygen atoms in total. The SMILES string of the molecule is CCC(NC(=O)c1csc2c1CCCC2)c1ccc(OC)cc1. The van der Waals surface area contributed by atoms with E-state index in [0.29, 0.717) is 0 Å². The number of methoxy groups -OCH3 is 1. The Morgan fingerprint density at radius 3 is 2.70 bits per heavy atom. The maximum atomic E-state index is 12.7. The lowest BCUT2D eigenvalue weighted by molar-refractivity contribution is 0.0935. The van der Waals surface area contributed by atoms with E-state index in [4.69, 9.17) is 4.74 Å². The Balaban J connectivity index is 1.75. The third-order valence-corrected chi connectivity index (χ3v) is 5.63. The standard InChI is InChI=1S/C19H23NO2S/c1-3-17(13-8-10-14(22-2)11-9-13)20-19(21)16-12-23-18-7-5-4-6-15(16)18/h8-12,17H,3-7H2,1-2H3,(H,20,21). The highest BCUT2D eigenvalue weighted by molar-refractivity contribution is 7.10. The first-order chi connectivity index (χ1) is 11.2. The highest BCUT2D eigenvalue weighted by Gasteiger charge is 2.22. The Bertz CT molecular complexity index is 675. The van der Waals surface area contributed by atoms with E-state index in [-0.39, 0.29) is 11.9 Å². The molecule has 1 unspecified atom stereocenters. The first-order valence-electron chi connectivity index (χ1n) is 8.27. The predicted molar refractivity (Wildman–Crippen MR) is 94.5 cm³/mol. The van der Waals surface area contributed by atoms with Crippen LogP contribution in [-0.2, 0) is 12.8 Å². The molecule has 1 N–H and O–H groups in total. The van der Waals surface area contributed by atoms with Gasteiger partial charge in [-0.3, -0.25) is 4.79 Å². The summed E-state index contributed by atoms with van der Waals surface area (Å²) in [4.78, 5) is 14.1. The van der Waals surface area contributed by atoms with Crippen LogP contribution in [0.2, 0.25) is 0 Å². The summed E-state index contributed by atoms with van der Waals surface area (Å²) >= 11 is 1.74. The molecule has 0 bridgehead atoms. The highest BCUT2D eigenvalue weighted by atomic mass is 32.1. The summed E-state index contributed by atoms with van der Waals surface area (Å²) in [5.41, 5.74) is 3.28. The number of ether oxygens (including phenoxy) is 1. The van der Waals surface area contributed by atoms with Crippen LogP contribution in [-0.4, -0.2) is 13.0 Å². The second-order valence-electron chi connectivity index (χ2n) is 5.97. The van der Waals surface area contributed by atoms with Crippen molar-refractivity contribution in [1.82, 2.24) is 5.32 Å². The lowest BCUT2D eigenvalue weighted by Crippen LogP contribution is -2.28. The molecule has 1 heterocycles. The maximum Gasteiger partial charge on any atom is 0.252 e. The average Bonchev–Trinajstić information content (AvgIpc) is 3.04. The summed E-state index contributed by atoms with van der Waals surface area (Å²) in [6.45, 7) is 2.10. The monoisotopic (exact) mass is 329 g/mol. The fourth-order valence-corrected chi connectivity index (χ4v) is 4.30. The zero-order chi connectivity index (χ0) is 16.2. The summed E-state index contributed by atoms with van der Waals surface area (Å²) < 4.78 is 5.20. The minimum Gasteiger partial charge on any atom is -0.497 e. The lowest BCUT2D eigenvalue weighted by atomic mass is 9.95. The van der Waals surface area contributed by atoms with Gasteiger partial charge in [0.25, 0.3) is 5.91 Å². The van der Waals surface area contributed by atoms with Crippen LogP contribution in [0.25, 0.3) is 0 Å². The summed E-state index contributed by atoms with van der Waals surface area (Å²) in [7, 11) is 1.66. The number of nitrogens with one attached hydrogen (secondary N) is 1. The Labute approximate surface area is 141 Å². The minimum absolute atomic E-state index is 0.0348. The van der Waals surface area contributed by atoms with Gasteiger partial charge in [0, 0.05) is 10.3 Å². The van der Waals surface area contributed by atoms with Crippen molar-refractivity contribution in [3.05, 3.63) is 51.2 Å². The fraction of sp³-hybridized carbons (Fsp3) is 0.421. The molecule has 1 aliphatic carbocycles. The van der Waals surface area contributed by atoms with E-state index in [1.54, 1.807) is 18.4 Å². The molecule has 0 aliphatic heterocycles. The van der Waals surface area contributed by atoms with E-state index >= 15 is 0 Å². The van der Waals surface area contributed by atoms with Crippen LogP contribution in [0.1, 0.15) is 58.6 Å². The van der Waals surface area contributed by atoms with Gasteiger partial charge in [0.15, 0.2) is 0 Å². The number of hydrogen-bond acceptors (Lipinski definition) is 3. The van der Waals surface area contributed by atoms with E-state index in [2.05, 4.69) is 12.2 Å². The molecular formula is C19H23NO2S. The molecule has 0 saturated heterocycles. The maximum absolute atomic E-state index is 12.7. The molecule has 0 radical (unpaired) electrons. The number of rotatable bonds is 5. The molecular weight excluding hydrogens is 306 g/mol. The molecule has 23 heavy (non-hydrogen) atoms. The van der Waals surface area contributed by atoms with Gasteiger partial charge in [-0.2, -0.15) is 0 Å². The molecule has 1 amide bonds. The number of carbonyl (C=O) groups excluding carboxylic acids is 1. The van der Waals surface area contributed by atoms with Crippen LogP contribution in [0.3, 0.4) is 0 Å². The molecule has 4 heteroatoms. The largest absolute Gasteiger partial charge is 0.497 e. The number of fused-ring (bicyclic) bond motifs is 1. The van der Waals surface area contributed by atoms with Crippen LogP contribution in [0.4, 0.5) is 0 Å². The quantitative estimate of drug-likeness (QED) is 0.876. The Kier molecular flexibility index (Phi) is 5.01. The molecule has 3 rings (SSSR count). The third kappa shape index (κ3) is 3.42. The first-order valence-corrected chi connectivity index (χ1v) is 9.15. The van der Waals surface area contributed by atoms with Gasteiger partial charge in [-0.05, 0) is 55.4 Å². The summed E-state index contributed by atoms with van der Waals surface area (Å²) in [5, 5.41) is 5.23. The van der Waals surface area contributed by atoms with Crippen molar-refractivity contribution < 1.29 is 9.53 Å². The molecule has 2 aromatic rings. The van der Waals surface area contributed by atoms with Gasteiger partial charge in [0.1, 0.15) is 5.75 Å². The summed E-state index contributed by atoms with van der Waals surface area (Å²) in [5.74, 6) is 0.897. The smallest absolute Gasteiger partial charge is 0.252 e. The molecule has 122 valence electrons. The number of thiophene rings is 1. The van der Waals surface area contributed by atoms with Crippen LogP contribution >= 0.6 is 11.3 Å². The van der Waals surface area contributed by atoms with Crippen molar-refractivity contribution >= 4 is 17.2 Å². The normalized spacial score (nSPS) is 14.9. The van der Waals surface area contributed by atoms with E-state index < -0.39 is 0 Å². The topological polar surface area (TPSA) is 38.3 Å². The van der Waals surface area contributed by atoms with Crippen molar-refractivity contribution in [1.29, 1.82) is 0 Å². The second kappa shape index (κ2) is 7.18. The van der Waals surface area contributed by atoms with Crippen LogP contribution in [0, 0.1) is 0 Å². The lowest BCUT2D eigenvalue weighted by Gasteiger charge is -2.19. The summed E-state index contributed by atoms with van der Waals surface area (Å²) in [6, 6.07) is 7.97. The Hall–Kier alpha value is -1.81. The third-order valence-electron chi connectivity index (χ3n) is 4.54. The molecule has 0 saturated carbocycles. The van der Waals surface area contributed by atoms with E-state index in [1.807, 2.05) is 29.6 Å². The van der Waals surface area contributed by atoms with Crippen molar-refractivity contribution in [3.63, 3.8) is 0 Å². The summed E-state index contributed by atoms with van der Waals surface area (Å²) in [6.07, 6.45) is 5.48. The number of benzene rings is 1. The molecule has 1 aromatic carbocycles. The van der Waals surface area contributed by atoms with Crippen molar-refractivity contribution in [2.75, 3.05) is 7.11 Å². The second-order valence-corrected chi connectivity index (χ2v) is 6.93. The van der Waals surface area contributed by atoms with Crippen LogP contribution in [0.5, 0.6) is 5.75 Å². The number of carbonyl (C=O) groups is 1. The van der Waals surface area contributed by atoms with Gasteiger partial charge >= 0.3 is 0 Å². The number of amides is 1.